The lowest BCUT2D eigenvalue weighted by atomic mass is 10.1. The molecule has 1 aromatic carbocycles. The van der Waals surface area contributed by atoms with Gasteiger partial charge in [-0.15, -0.1) is 0 Å². The average Bonchev–Trinajstić information content (AvgIpc) is 2.62. The van der Waals surface area contributed by atoms with Crippen LogP contribution in [0, 0.1) is 6.92 Å². The van der Waals surface area contributed by atoms with Crippen LogP contribution in [0.15, 0.2) is 18.2 Å². The molecule has 2 N–H and O–H groups in total. The Bertz CT molecular complexity index is 605. The van der Waals surface area contributed by atoms with E-state index in [2.05, 4.69) is 5.10 Å². The van der Waals surface area contributed by atoms with Crippen molar-refractivity contribution in [3.05, 3.63) is 34.5 Å². The molecule has 102 valence electrons. The number of nitrogens with zero attached hydrogens (tertiary/aromatic N) is 2. The highest BCUT2D eigenvalue weighted by Crippen LogP contribution is 2.36. The maximum Gasteiger partial charge on any atom is 0.241 e. The van der Waals surface area contributed by atoms with E-state index in [1.165, 1.54) is 0 Å². The minimum Gasteiger partial charge on any atom is -0.436 e. The van der Waals surface area contributed by atoms with Gasteiger partial charge < -0.3 is 10.5 Å². The monoisotopic (exact) mass is 279 g/mol. The molecule has 2 rings (SSSR count). The van der Waals surface area contributed by atoms with Gasteiger partial charge in [0, 0.05) is 7.05 Å². The molecule has 0 radical (unpaired) electrons. The number of benzene rings is 1. The zero-order chi connectivity index (χ0) is 14.2. The van der Waals surface area contributed by atoms with Gasteiger partial charge in [0.05, 0.1) is 10.7 Å². The number of rotatable bonds is 3. The summed E-state index contributed by atoms with van der Waals surface area (Å²) in [5.74, 6) is 1.36. The Morgan fingerprint density at radius 2 is 2.05 bits per heavy atom. The molecule has 2 aromatic rings. The van der Waals surface area contributed by atoms with Crippen LogP contribution in [0.4, 0.5) is 5.69 Å². The lowest BCUT2D eigenvalue weighted by Crippen LogP contribution is -1.97. The molecule has 0 fully saturated rings. The normalized spacial score (nSPS) is 11.1. The topological polar surface area (TPSA) is 53.1 Å². The summed E-state index contributed by atoms with van der Waals surface area (Å²) in [6.45, 7) is 6.07. The van der Waals surface area contributed by atoms with Gasteiger partial charge in [0.1, 0.15) is 11.4 Å². The third-order valence-electron chi connectivity index (χ3n) is 2.90. The number of hydrogen-bond donors (Lipinski definition) is 1. The van der Waals surface area contributed by atoms with Crippen LogP contribution in [0.2, 0.25) is 5.02 Å². The molecule has 0 amide bonds. The van der Waals surface area contributed by atoms with Crippen molar-refractivity contribution in [3.8, 4) is 11.6 Å². The number of aromatic nitrogens is 2. The smallest absolute Gasteiger partial charge is 0.241 e. The summed E-state index contributed by atoms with van der Waals surface area (Å²) in [5.41, 5.74) is 8.56. The number of nitrogens with two attached hydrogens (primary N) is 1. The minimum atomic E-state index is 0.247. The fraction of sp³-hybridized carbons (Fsp3) is 0.357. The van der Waals surface area contributed by atoms with E-state index in [0.29, 0.717) is 22.3 Å². The fourth-order valence-corrected chi connectivity index (χ4v) is 2.04. The molecule has 4 nitrogen and oxygen atoms in total. The number of nitrogen functional groups attached to an aromatic ring is 1. The van der Waals surface area contributed by atoms with Gasteiger partial charge in [-0.25, -0.2) is 4.68 Å². The SMILES string of the molecule is Cc1ccc(Cl)c(Oc2c(N)c(C(C)C)nn2C)c1. The Morgan fingerprint density at radius 3 is 2.63 bits per heavy atom. The van der Waals surface area contributed by atoms with Crippen molar-refractivity contribution in [2.75, 3.05) is 5.73 Å². The zero-order valence-electron chi connectivity index (χ0n) is 11.6. The van der Waals surface area contributed by atoms with Gasteiger partial charge in [0.25, 0.3) is 0 Å². The van der Waals surface area contributed by atoms with Crippen molar-refractivity contribution in [1.82, 2.24) is 9.78 Å². The minimum absolute atomic E-state index is 0.247. The van der Waals surface area contributed by atoms with Crippen molar-refractivity contribution in [2.45, 2.75) is 26.7 Å². The van der Waals surface area contributed by atoms with Crippen molar-refractivity contribution < 1.29 is 4.74 Å². The molecule has 0 saturated carbocycles. The maximum absolute atomic E-state index is 6.12. The standard InChI is InChI=1S/C14H18ClN3O/c1-8(2)13-12(16)14(18(4)17-13)19-11-7-9(3)5-6-10(11)15/h5-8H,16H2,1-4H3. The van der Waals surface area contributed by atoms with Gasteiger partial charge in [-0.2, -0.15) is 5.10 Å². The quantitative estimate of drug-likeness (QED) is 0.928. The first-order valence-electron chi connectivity index (χ1n) is 6.16. The Kier molecular flexibility index (Phi) is 3.71. The van der Waals surface area contributed by atoms with Crippen LogP contribution in [0.1, 0.15) is 31.0 Å². The molecule has 5 heteroatoms. The molecule has 19 heavy (non-hydrogen) atoms. The first-order valence-corrected chi connectivity index (χ1v) is 6.54. The molecule has 0 aliphatic carbocycles. The van der Waals surface area contributed by atoms with Gasteiger partial charge in [0.15, 0.2) is 0 Å². The molecule has 1 aromatic heterocycles. The maximum atomic E-state index is 6.12. The lowest BCUT2D eigenvalue weighted by Gasteiger charge is -2.09. The van der Waals surface area contributed by atoms with Crippen LogP contribution in [0.5, 0.6) is 11.6 Å². The van der Waals surface area contributed by atoms with Crippen LogP contribution < -0.4 is 10.5 Å². The lowest BCUT2D eigenvalue weighted by molar-refractivity contribution is 0.432. The molecule has 1 heterocycles. The molecule has 0 bridgehead atoms. The predicted molar refractivity (Wildman–Crippen MR) is 78.0 cm³/mol. The second kappa shape index (κ2) is 5.13. The summed E-state index contributed by atoms with van der Waals surface area (Å²) >= 11 is 6.12. The van der Waals surface area contributed by atoms with Crippen LogP contribution in [-0.2, 0) is 7.05 Å². The number of anilines is 1. The highest BCUT2D eigenvalue weighted by Gasteiger charge is 2.18. The van der Waals surface area contributed by atoms with E-state index in [-0.39, 0.29) is 5.92 Å². The van der Waals surface area contributed by atoms with E-state index in [1.807, 2.05) is 39.0 Å². The summed E-state index contributed by atoms with van der Waals surface area (Å²) in [7, 11) is 1.81. The van der Waals surface area contributed by atoms with Crippen LogP contribution >= 0.6 is 11.6 Å². The molecule has 0 aliphatic rings. The number of ether oxygens (including phenoxy) is 1. The fourth-order valence-electron chi connectivity index (χ4n) is 1.89. The summed E-state index contributed by atoms with van der Waals surface area (Å²) in [6.07, 6.45) is 0. The summed E-state index contributed by atoms with van der Waals surface area (Å²) in [6, 6.07) is 5.62. The van der Waals surface area contributed by atoms with E-state index in [0.717, 1.165) is 11.3 Å². The highest BCUT2D eigenvalue weighted by molar-refractivity contribution is 6.32. The second-order valence-electron chi connectivity index (χ2n) is 4.92. The zero-order valence-corrected chi connectivity index (χ0v) is 12.3. The van der Waals surface area contributed by atoms with Crippen LogP contribution in [0.3, 0.4) is 0 Å². The number of aryl methyl sites for hydroxylation is 2. The molecule has 0 unspecified atom stereocenters. The molecular weight excluding hydrogens is 262 g/mol. The van der Waals surface area contributed by atoms with Gasteiger partial charge in [0.2, 0.25) is 5.88 Å². The number of halogens is 1. The van der Waals surface area contributed by atoms with Gasteiger partial charge in [-0.1, -0.05) is 31.5 Å². The summed E-state index contributed by atoms with van der Waals surface area (Å²) in [5, 5.41) is 4.93. The third kappa shape index (κ3) is 2.68. The van der Waals surface area contributed by atoms with E-state index in [9.17, 15) is 0 Å². The molecule has 0 aliphatic heterocycles. The molecular formula is C14H18ClN3O. The Morgan fingerprint density at radius 1 is 1.37 bits per heavy atom. The first-order chi connectivity index (χ1) is 8.90. The van der Waals surface area contributed by atoms with E-state index in [1.54, 1.807) is 11.7 Å². The molecule has 0 spiro atoms. The largest absolute Gasteiger partial charge is 0.436 e. The highest BCUT2D eigenvalue weighted by atomic mass is 35.5. The van der Waals surface area contributed by atoms with Crippen LogP contribution in [0.25, 0.3) is 0 Å². The molecule has 0 atom stereocenters. The van der Waals surface area contributed by atoms with Crippen molar-refractivity contribution in [3.63, 3.8) is 0 Å². The van der Waals surface area contributed by atoms with E-state index < -0.39 is 0 Å². The third-order valence-corrected chi connectivity index (χ3v) is 3.21. The predicted octanol–water partition coefficient (Wildman–Crippen LogP) is 3.88. The van der Waals surface area contributed by atoms with Crippen molar-refractivity contribution in [2.24, 2.45) is 7.05 Å². The summed E-state index contributed by atoms with van der Waals surface area (Å²) in [4.78, 5) is 0. The average molecular weight is 280 g/mol. The van der Waals surface area contributed by atoms with Gasteiger partial charge >= 0.3 is 0 Å². The van der Waals surface area contributed by atoms with Crippen LogP contribution in [-0.4, -0.2) is 9.78 Å². The Balaban J connectivity index is 2.41. The van der Waals surface area contributed by atoms with Crippen molar-refractivity contribution in [1.29, 1.82) is 0 Å². The van der Waals surface area contributed by atoms with Crippen molar-refractivity contribution >= 4 is 17.3 Å². The Hall–Kier alpha value is -1.68. The Labute approximate surface area is 118 Å². The van der Waals surface area contributed by atoms with E-state index >= 15 is 0 Å². The summed E-state index contributed by atoms with van der Waals surface area (Å²) < 4.78 is 7.47. The van der Waals surface area contributed by atoms with Gasteiger partial charge in [-0.3, -0.25) is 0 Å². The first kappa shape index (κ1) is 13.7. The molecule has 0 saturated heterocycles. The van der Waals surface area contributed by atoms with Gasteiger partial charge in [-0.05, 0) is 30.5 Å². The van der Waals surface area contributed by atoms with E-state index in [4.69, 9.17) is 22.1 Å². The number of hydrogen-bond acceptors (Lipinski definition) is 3. The second-order valence-corrected chi connectivity index (χ2v) is 5.33.